The van der Waals surface area contributed by atoms with E-state index in [0.29, 0.717) is 6.04 Å². The van der Waals surface area contributed by atoms with Crippen LogP contribution in [0.1, 0.15) is 44.7 Å². The fourth-order valence-corrected chi connectivity index (χ4v) is 3.63. The van der Waals surface area contributed by atoms with Crippen molar-refractivity contribution in [2.45, 2.75) is 45.2 Å². The van der Waals surface area contributed by atoms with E-state index in [0.717, 1.165) is 12.3 Å². The molecule has 2 nitrogen and oxygen atoms in total. The number of piperidine rings is 1. The van der Waals surface area contributed by atoms with E-state index in [4.69, 9.17) is 5.73 Å². The molecule has 1 fully saturated rings. The predicted molar refractivity (Wildman–Crippen MR) is 85.1 cm³/mol. The third-order valence-corrected chi connectivity index (χ3v) is 4.90. The molecule has 0 spiro atoms. The summed E-state index contributed by atoms with van der Waals surface area (Å²) in [4.78, 5) is 2.59. The van der Waals surface area contributed by atoms with Crippen LogP contribution >= 0.6 is 15.9 Å². The molecule has 0 radical (unpaired) electrons. The number of halogens is 1. The topological polar surface area (TPSA) is 29.3 Å². The third-order valence-electron chi connectivity index (χ3n) is 4.18. The Bertz CT molecular complexity index is 407. The molecule has 0 saturated carbocycles. The number of nitrogens with two attached hydrogens (primary N) is 1. The smallest absolute Gasteiger partial charge is 0.0510 e. The van der Waals surface area contributed by atoms with Crippen molar-refractivity contribution in [2.24, 2.45) is 11.7 Å². The molecule has 2 rings (SSSR count). The molecule has 1 aromatic rings. The van der Waals surface area contributed by atoms with E-state index < -0.39 is 0 Å². The van der Waals surface area contributed by atoms with Crippen LogP contribution in [0.3, 0.4) is 0 Å². The van der Waals surface area contributed by atoms with Gasteiger partial charge < -0.3 is 5.73 Å². The molecule has 1 aliphatic heterocycles. The summed E-state index contributed by atoms with van der Waals surface area (Å²) in [7, 11) is 0. The highest BCUT2D eigenvalue weighted by atomic mass is 79.9. The maximum absolute atomic E-state index is 6.43. The maximum atomic E-state index is 6.43. The van der Waals surface area contributed by atoms with Crippen LogP contribution < -0.4 is 5.73 Å². The second-order valence-corrected chi connectivity index (χ2v) is 6.64. The maximum Gasteiger partial charge on any atom is 0.0510 e. The van der Waals surface area contributed by atoms with E-state index in [2.05, 4.69) is 58.9 Å². The number of likely N-dealkylation sites (tertiary alicyclic amines) is 1. The summed E-state index contributed by atoms with van der Waals surface area (Å²) in [6.07, 6.45) is 3.65. The molecule has 106 valence electrons. The van der Waals surface area contributed by atoms with Gasteiger partial charge in [0.15, 0.2) is 0 Å². The zero-order chi connectivity index (χ0) is 13.8. The van der Waals surface area contributed by atoms with Gasteiger partial charge >= 0.3 is 0 Å². The normalized spacial score (nSPS) is 24.1. The molecule has 0 aliphatic carbocycles. The van der Waals surface area contributed by atoms with Crippen molar-refractivity contribution >= 4 is 15.9 Å². The zero-order valence-electron chi connectivity index (χ0n) is 12.0. The lowest BCUT2D eigenvalue weighted by atomic mass is 9.91. The van der Waals surface area contributed by atoms with Crippen molar-refractivity contribution in [3.8, 4) is 0 Å². The third kappa shape index (κ3) is 3.59. The monoisotopic (exact) mass is 324 g/mol. The van der Waals surface area contributed by atoms with Crippen molar-refractivity contribution in [2.75, 3.05) is 13.1 Å². The number of rotatable bonds is 4. The van der Waals surface area contributed by atoms with Crippen LogP contribution in [0.2, 0.25) is 0 Å². The highest BCUT2D eigenvalue weighted by Crippen LogP contribution is 2.33. The van der Waals surface area contributed by atoms with Crippen molar-refractivity contribution in [1.82, 2.24) is 4.90 Å². The van der Waals surface area contributed by atoms with E-state index in [1.165, 1.54) is 36.0 Å². The minimum atomic E-state index is 0.198. The van der Waals surface area contributed by atoms with Gasteiger partial charge in [0.25, 0.3) is 0 Å². The molecule has 0 aromatic heterocycles. The number of hydrogen-bond acceptors (Lipinski definition) is 2. The van der Waals surface area contributed by atoms with E-state index in [1.54, 1.807) is 0 Å². The van der Waals surface area contributed by atoms with Gasteiger partial charge in [0.1, 0.15) is 0 Å². The van der Waals surface area contributed by atoms with Gasteiger partial charge in [0, 0.05) is 17.1 Å². The molecular formula is C16H25BrN2. The molecule has 1 saturated heterocycles. The molecule has 2 N–H and O–H groups in total. The summed E-state index contributed by atoms with van der Waals surface area (Å²) in [5, 5.41) is 0. The first kappa shape index (κ1) is 15.0. The zero-order valence-corrected chi connectivity index (χ0v) is 13.6. The standard InChI is InChI=1S/C16H25BrN2/c1-3-15(18)16(13-8-4-5-9-14(13)17)19-10-6-7-12(2)11-19/h4-5,8-9,12,15-16H,3,6-7,10-11,18H2,1-2H3. The van der Waals surface area contributed by atoms with Crippen LogP contribution in [0.5, 0.6) is 0 Å². The summed E-state index contributed by atoms with van der Waals surface area (Å²) >= 11 is 3.69. The van der Waals surface area contributed by atoms with Gasteiger partial charge in [0.05, 0.1) is 6.04 Å². The molecule has 1 aromatic carbocycles. The Morgan fingerprint density at radius 2 is 2.16 bits per heavy atom. The summed E-state index contributed by atoms with van der Waals surface area (Å²) < 4.78 is 1.18. The highest BCUT2D eigenvalue weighted by Gasteiger charge is 2.29. The second-order valence-electron chi connectivity index (χ2n) is 5.78. The molecular weight excluding hydrogens is 300 g/mol. The molecule has 0 amide bonds. The van der Waals surface area contributed by atoms with Crippen molar-refractivity contribution in [3.05, 3.63) is 34.3 Å². The summed E-state index contributed by atoms with van der Waals surface area (Å²) in [6.45, 7) is 6.87. The lowest BCUT2D eigenvalue weighted by Gasteiger charge is -2.40. The summed E-state index contributed by atoms with van der Waals surface area (Å²) in [6, 6.07) is 9.05. The van der Waals surface area contributed by atoms with Gasteiger partial charge in [0.2, 0.25) is 0 Å². The van der Waals surface area contributed by atoms with E-state index in [1.807, 2.05) is 0 Å². The highest BCUT2D eigenvalue weighted by molar-refractivity contribution is 9.10. The number of benzene rings is 1. The molecule has 3 atom stereocenters. The van der Waals surface area contributed by atoms with Gasteiger partial charge in [-0.1, -0.05) is 48.0 Å². The SMILES string of the molecule is CCC(N)C(c1ccccc1Br)N1CCCC(C)C1. The first-order valence-electron chi connectivity index (χ1n) is 7.37. The van der Waals surface area contributed by atoms with Gasteiger partial charge in [-0.15, -0.1) is 0 Å². The van der Waals surface area contributed by atoms with Crippen LogP contribution in [-0.4, -0.2) is 24.0 Å². The summed E-state index contributed by atoms with van der Waals surface area (Å²) in [5.41, 5.74) is 7.77. The van der Waals surface area contributed by atoms with Gasteiger partial charge in [-0.25, -0.2) is 0 Å². The Kier molecular flexibility index (Phi) is 5.43. The van der Waals surface area contributed by atoms with Gasteiger partial charge in [-0.3, -0.25) is 4.90 Å². The van der Waals surface area contributed by atoms with Gasteiger partial charge in [-0.05, 0) is 43.4 Å². The lowest BCUT2D eigenvalue weighted by Crippen LogP contribution is -2.45. The van der Waals surface area contributed by atoms with E-state index >= 15 is 0 Å². The molecule has 3 heteroatoms. The van der Waals surface area contributed by atoms with E-state index in [9.17, 15) is 0 Å². The largest absolute Gasteiger partial charge is 0.326 e. The minimum Gasteiger partial charge on any atom is -0.326 e. The Hall–Kier alpha value is -0.380. The van der Waals surface area contributed by atoms with Crippen LogP contribution in [-0.2, 0) is 0 Å². The Morgan fingerprint density at radius 1 is 1.42 bits per heavy atom. The summed E-state index contributed by atoms with van der Waals surface area (Å²) in [5.74, 6) is 0.780. The molecule has 0 bridgehead atoms. The second kappa shape index (κ2) is 6.87. The van der Waals surface area contributed by atoms with Crippen LogP contribution in [0.4, 0.5) is 0 Å². The quantitative estimate of drug-likeness (QED) is 0.908. The average molecular weight is 325 g/mol. The molecule has 1 aliphatic rings. The Morgan fingerprint density at radius 3 is 2.79 bits per heavy atom. The fraction of sp³-hybridized carbons (Fsp3) is 0.625. The van der Waals surface area contributed by atoms with Crippen molar-refractivity contribution in [1.29, 1.82) is 0 Å². The lowest BCUT2D eigenvalue weighted by molar-refractivity contribution is 0.111. The average Bonchev–Trinajstić information content (AvgIpc) is 2.41. The Labute approximate surface area is 125 Å². The van der Waals surface area contributed by atoms with E-state index in [-0.39, 0.29) is 6.04 Å². The van der Waals surface area contributed by atoms with Crippen molar-refractivity contribution in [3.63, 3.8) is 0 Å². The number of nitrogens with zero attached hydrogens (tertiary/aromatic N) is 1. The molecule has 3 unspecified atom stereocenters. The molecule has 1 heterocycles. The molecule has 19 heavy (non-hydrogen) atoms. The minimum absolute atomic E-state index is 0.198. The van der Waals surface area contributed by atoms with Crippen LogP contribution in [0, 0.1) is 5.92 Å². The Balaban J connectivity index is 2.28. The number of hydrogen-bond donors (Lipinski definition) is 1. The first-order chi connectivity index (χ1) is 9.13. The van der Waals surface area contributed by atoms with Crippen LogP contribution in [0.15, 0.2) is 28.7 Å². The predicted octanol–water partition coefficient (Wildman–Crippen LogP) is 3.96. The van der Waals surface area contributed by atoms with Gasteiger partial charge in [-0.2, -0.15) is 0 Å². The fourth-order valence-electron chi connectivity index (χ4n) is 3.11. The van der Waals surface area contributed by atoms with Crippen LogP contribution in [0.25, 0.3) is 0 Å². The first-order valence-corrected chi connectivity index (χ1v) is 8.16. The van der Waals surface area contributed by atoms with Crippen molar-refractivity contribution < 1.29 is 0 Å².